The van der Waals surface area contributed by atoms with Crippen LogP contribution >= 0.6 is 0 Å². The predicted octanol–water partition coefficient (Wildman–Crippen LogP) is 2.91. The number of nitrogens with zero attached hydrogens (tertiary/aromatic N) is 1. The number of carbonyl (C=O) groups is 1. The highest BCUT2D eigenvalue weighted by Gasteiger charge is 2.26. The number of benzene rings is 2. The van der Waals surface area contributed by atoms with Crippen LogP contribution in [-0.2, 0) is 21.2 Å². The summed E-state index contributed by atoms with van der Waals surface area (Å²) in [6.07, 6.45) is 0. The largest absolute Gasteiger partial charge is 0.457 e. The lowest BCUT2D eigenvalue weighted by Crippen LogP contribution is -2.12. The summed E-state index contributed by atoms with van der Waals surface area (Å²) in [5.74, 6) is -4.29. The van der Waals surface area contributed by atoms with E-state index in [2.05, 4.69) is 0 Å². The smallest absolute Gasteiger partial charge is 0.341 e. The van der Waals surface area contributed by atoms with Crippen molar-refractivity contribution >= 4 is 15.8 Å². The van der Waals surface area contributed by atoms with Gasteiger partial charge in [-0.15, -0.1) is 0 Å². The van der Waals surface area contributed by atoms with Gasteiger partial charge in [-0.3, -0.25) is 0 Å². The molecule has 0 fully saturated rings. The zero-order valence-electron chi connectivity index (χ0n) is 12.1. The van der Waals surface area contributed by atoms with Crippen molar-refractivity contribution in [3.05, 3.63) is 65.2 Å². The van der Waals surface area contributed by atoms with Crippen molar-refractivity contribution in [2.45, 2.75) is 17.3 Å². The number of esters is 1. The number of ether oxygens (including phenoxy) is 1. The van der Waals surface area contributed by atoms with Gasteiger partial charge in [0.2, 0.25) is 9.84 Å². The highest BCUT2D eigenvalue weighted by atomic mass is 32.2. The standard InChI is InChI=1S/C16H11F2NO4S/c17-16(18)24(21,22)14-7-5-11(6-8-14)15(20)23-10-13-4-2-1-3-12(13)9-19/h1-8,16H,10H2. The zero-order chi connectivity index (χ0) is 17.7. The second-order valence-corrected chi connectivity index (χ2v) is 6.59. The van der Waals surface area contributed by atoms with Crippen molar-refractivity contribution in [2.24, 2.45) is 0 Å². The molecule has 8 heteroatoms. The third kappa shape index (κ3) is 3.75. The molecule has 0 N–H and O–H groups in total. The number of hydrogen-bond donors (Lipinski definition) is 0. The van der Waals surface area contributed by atoms with Crippen molar-refractivity contribution < 1.29 is 26.7 Å². The summed E-state index contributed by atoms with van der Waals surface area (Å²) in [5, 5.41) is 8.94. The molecule has 2 aromatic rings. The molecule has 0 spiro atoms. The van der Waals surface area contributed by atoms with Gasteiger partial charge >= 0.3 is 11.7 Å². The van der Waals surface area contributed by atoms with Crippen LogP contribution < -0.4 is 0 Å². The Bertz CT molecular complexity index is 887. The maximum Gasteiger partial charge on any atom is 0.341 e. The predicted molar refractivity (Wildman–Crippen MR) is 79.9 cm³/mol. The average molecular weight is 351 g/mol. The first kappa shape index (κ1) is 17.6. The van der Waals surface area contributed by atoms with Crippen LogP contribution in [0.15, 0.2) is 53.4 Å². The van der Waals surface area contributed by atoms with E-state index in [-0.39, 0.29) is 12.2 Å². The summed E-state index contributed by atoms with van der Waals surface area (Å²) in [4.78, 5) is 11.3. The number of alkyl halides is 2. The fourth-order valence-corrected chi connectivity index (χ4v) is 2.59. The molecule has 0 unspecified atom stereocenters. The van der Waals surface area contributed by atoms with E-state index < -0.39 is 26.5 Å². The van der Waals surface area contributed by atoms with Gasteiger partial charge in [-0.05, 0) is 30.3 Å². The van der Waals surface area contributed by atoms with Gasteiger partial charge in [0.25, 0.3) is 0 Å². The van der Waals surface area contributed by atoms with Crippen molar-refractivity contribution in [3.8, 4) is 6.07 Å². The lowest BCUT2D eigenvalue weighted by molar-refractivity contribution is 0.0472. The fraction of sp³-hybridized carbons (Fsp3) is 0.125. The first-order valence-electron chi connectivity index (χ1n) is 6.63. The van der Waals surface area contributed by atoms with Crippen molar-refractivity contribution in [1.82, 2.24) is 0 Å². The van der Waals surface area contributed by atoms with Crippen LogP contribution in [0.1, 0.15) is 21.5 Å². The molecule has 0 atom stereocenters. The molecule has 24 heavy (non-hydrogen) atoms. The van der Waals surface area contributed by atoms with E-state index >= 15 is 0 Å². The van der Waals surface area contributed by atoms with Gasteiger partial charge in [-0.1, -0.05) is 18.2 Å². The Balaban J connectivity index is 2.10. The third-order valence-corrected chi connectivity index (χ3v) is 4.55. The molecule has 0 radical (unpaired) electrons. The van der Waals surface area contributed by atoms with Crippen LogP contribution in [0.4, 0.5) is 8.78 Å². The first-order chi connectivity index (χ1) is 11.4. The SMILES string of the molecule is N#Cc1ccccc1COC(=O)c1ccc(S(=O)(=O)C(F)F)cc1. The Kier molecular flexibility index (Phi) is 5.26. The molecule has 0 saturated heterocycles. The molecule has 0 heterocycles. The van der Waals surface area contributed by atoms with E-state index in [0.717, 1.165) is 24.3 Å². The molecule has 124 valence electrons. The van der Waals surface area contributed by atoms with Gasteiger partial charge in [0.1, 0.15) is 6.61 Å². The van der Waals surface area contributed by atoms with E-state index in [1.807, 2.05) is 6.07 Å². The van der Waals surface area contributed by atoms with Gasteiger partial charge in [0, 0.05) is 5.56 Å². The molecule has 0 bridgehead atoms. The summed E-state index contributed by atoms with van der Waals surface area (Å²) >= 11 is 0. The summed E-state index contributed by atoms with van der Waals surface area (Å²) < 4.78 is 52.5. The second-order valence-electron chi connectivity index (χ2n) is 4.68. The molecule has 0 aliphatic rings. The monoisotopic (exact) mass is 351 g/mol. The van der Waals surface area contributed by atoms with Crippen LogP contribution in [0.5, 0.6) is 0 Å². The Labute approximate surface area is 137 Å². The second kappa shape index (κ2) is 7.19. The van der Waals surface area contributed by atoms with Crippen molar-refractivity contribution in [1.29, 1.82) is 5.26 Å². The Morgan fingerprint density at radius 2 is 1.75 bits per heavy atom. The van der Waals surface area contributed by atoms with Crippen LogP contribution in [0, 0.1) is 11.3 Å². The highest BCUT2D eigenvalue weighted by Crippen LogP contribution is 2.19. The number of carbonyl (C=O) groups excluding carboxylic acids is 1. The minimum Gasteiger partial charge on any atom is -0.457 e. The molecular formula is C16H11F2NO4S. The number of hydrogen-bond acceptors (Lipinski definition) is 5. The maximum absolute atomic E-state index is 12.4. The topological polar surface area (TPSA) is 84.2 Å². The summed E-state index contributed by atoms with van der Waals surface area (Å²) in [5.41, 5.74) is 0.895. The highest BCUT2D eigenvalue weighted by molar-refractivity contribution is 7.91. The molecule has 0 amide bonds. The molecule has 0 saturated carbocycles. The molecule has 2 aromatic carbocycles. The van der Waals surface area contributed by atoms with E-state index in [0.29, 0.717) is 11.1 Å². The minimum absolute atomic E-state index is 0.0117. The zero-order valence-corrected chi connectivity index (χ0v) is 13.0. The third-order valence-electron chi connectivity index (χ3n) is 3.15. The molecule has 0 aliphatic carbocycles. The molecular weight excluding hydrogens is 340 g/mol. The van der Waals surface area contributed by atoms with E-state index in [1.54, 1.807) is 24.3 Å². The Morgan fingerprint density at radius 1 is 1.12 bits per heavy atom. The Hall–Kier alpha value is -2.79. The number of sulfone groups is 1. The summed E-state index contributed by atoms with van der Waals surface area (Å²) in [6.45, 7) is -0.139. The molecule has 0 aromatic heterocycles. The normalized spacial score (nSPS) is 11.1. The van der Waals surface area contributed by atoms with Gasteiger partial charge < -0.3 is 4.74 Å². The molecule has 5 nitrogen and oxygen atoms in total. The van der Waals surface area contributed by atoms with Gasteiger partial charge in [0.05, 0.1) is 22.1 Å². The van der Waals surface area contributed by atoms with Crippen LogP contribution in [-0.4, -0.2) is 20.1 Å². The van der Waals surface area contributed by atoms with Gasteiger partial charge in [-0.2, -0.15) is 14.0 Å². The van der Waals surface area contributed by atoms with E-state index in [9.17, 15) is 22.0 Å². The quantitative estimate of drug-likeness (QED) is 0.773. The molecule has 2 rings (SSSR count). The summed E-state index contributed by atoms with van der Waals surface area (Å²) in [7, 11) is -4.71. The number of halogens is 2. The molecule has 0 aliphatic heterocycles. The lowest BCUT2D eigenvalue weighted by Gasteiger charge is -2.07. The van der Waals surface area contributed by atoms with E-state index in [1.165, 1.54) is 0 Å². The van der Waals surface area contributed by atoms with E-state index in [4.69, 9.17) is 10.00 Å². The van der Waals surface area contributed by atoms with Gasteiger partial charge in [0.15, 0.2) is 0 Å². The minimum atomic E-state index is -4.71. The van der Waals surface area contributed by atoms with Gasteiger partial charge in [-0.25, -0.2) is 13.2 Å². The lowest BCUT2D eigenvalue weighted by atomic mass is 10.1. The fourth-order valence-electron chi connectivity index (χ4n) is 1.87. The Morgan fingerprint density at radius 3 is 2.33 bits per heavy atom. The number of nitriles is 1. The summed E-state index contributed by atoms with van der Waals surface area (Å²) in [6, 6.07) is 12.5. The van der Waals surface area contributed by atoms with Crippen LogP contribution in [0.3, 0.4) is 0 Å². The van der Waals surface area contributed by atoms with Crippen LogP contribution in [0.2, 0.25) is 0 Å². The average Bonchev–Trinajstić information content (AvgIpc) is 2.59. The van der Waals surface area contributed by atoms with Crippen molar-refractivity contribution in [3.63, 3.8) is 0 Å². The maximum atomic E-state index is 12.4. The van der Waals surface area contributed by atoms with Crippen LogP contribution in [0.25, 0.3) is 0 Å². The first-order valence-corrected chi connectivity index (χ1v) is 8.18. The number of rotatable bonds is 5. The van der Waals surface area contributed by atoms with Crippen molar-refractivity contribution in [2.75, 3.05) is 0 Å².